The Balaban J connectivity index is 2.36. The van der Waals surface area contributed by atoms with E-state index in [4.69, 9.17) is 5.11 Å². The first-order valence-corrected chi connectivity index (χ1v) is 6.49. The second kappa shape index (κ2) is 7.20. The highest BCUT2D eigenvalue weighted by Gasteiger charge is 2.21. The number of hydrogen-bond acceptors (Lipinski definition) is 3. The Morgan fingerprint density at radius 1 is 1.44 bits per heavy atom. The van der Waals surface area contributed by atoms with Crippen molar-refractivity contribution in [3.63, 3.8) is 0 Å². The van der Waals surface area contributed by atoms with Crippen LogP contribution in [-0.2, 0) is 4.79 Å². The van der Waals surface area contributed by atoms with E-state index in [9.17, 15) is 9.59 Å². The molecule has 6 heteroatoms. The summed E-state index contributed by atoms with van der Waals surface area (Å²) in [5.41, 5.74) is 0. The second-order valence-electron chi connectivity index (χ2n) is 4.72. The van der Waals surface area contributed by atoms with Crippen LogP contribution in [0.1, 0.15) is 26.2 Å². The Morgan fingerprint density at radius 3 is 2.72 bits per heavy atom. The van der Waals surface area contributed by atoms with Crippen LogP contribution >= 0.6 is 0 Å². The molecular formula is C12H23N3O3. The summed E-state index contributed by atoms with van der Waals surface area (Å²) in [6.45, 7) is 3.58. The van der Waals surface area contributed by atoms with E-state index in [-0.39, 0.29) is 12.6 Å². The zero-order chi connectivity index (χ0) is 13.5. The van der Waals surface area contributed by atoms with Crippen molar-refractivity contribution in [2.45, 2.75) is 32.2 Å². The largest absolute Gasteiger partial charge is 0.480 e. The van der Waals surface area contributed by atoms with E-state index in [0.717, 1.165) is 13.0 Å². The summed E-state index contributed by atoms with van der Waals surface area (Å²) in [4.78, 5) is 25.9. The number of piperidine rings is 1. The zero-order valence-electron chi connectivity index (χ0n) is 11.2. The van der Waals surface area contributed by atoms with Crippen molar-refractivity contribution in [2.24, 2.45) is 0 Å². The van der Waals surface area contributed by atoms with Gasteiger partial charge in [0, 0.05) is 19.1 Å². The number of likely N-dealkylation sites (N-methyl/N-ethyl adjacent to an activating group) is 2. The number of carbonyl (C=O) groups is 2. The molecular weight excluding hydrogens is 234 g/mol. The van der Waals surface area contributed by atoms with E-state index in [1.165, 1.54) is 17.7 Å². The molecule has 2 amide bonds. The first-order chi connectivity index (χ1) is 8.54. The van der Waals surface area contributed by atoms with Gasteiger partial charge in [0.05, 0.1) is 0 Å². The van der Waals surface area contributed by atoms with E-state index >= 15 is 0 Å². The number of carboxylic acid groups (broad SMARTS) is 1. The zero-order valence-corrected chi connectivity index (χ0v) is 11.2. The fourth-order valence-electron chi connectivity index (χ4n) is 2.21. The van der Waals surface area contributed by atoms with Crippen LogP contribution < -0.4 is 5.32 Å². The minimum atomic E-state index is -0.984. The summed E-state index contributed by atoms with van der Waals surface area (Å²) >= 11 is 0. The van der Waals surface area contributed by atoms with Crippen LogP contribution in [0.3, 0.4) is 0 Å². The average molecular weight is 257 g/mol. The Kier molecular flexibility index (Phi) is 5.91. The highest BCUT2D eigenvalue weighted by atomic mass is 16.4. The van der Waals surface area contributed by atoms with Crippen LogP contribution in [0.5, 0.6) is 0 Å². The fraction of sp³-hybridized carbons (Fsp3) is 0.833. The summed E-state index contributed by atoms with van der Waals surface area (Å²) in [6.07, 6.45) is 3.49. The third-order valence-electron chi connectivity index (χ3n) is 3.41. The molecule has 6 nitrogen and oxygen atoms in total. The summed E-state index contributed by atoms with van der Waals surface area (Å²) in [6, 6.07) is 0.0742. The molecule has 2 N–H and O–H groups in total. The van der Waals surface area contributed by atoms with Gasteiger partial charge in [0.25, 0.3) is 0 Å². The number of aliphatic carboxylic acids is 1. The molecule has 18 heavy (non-hydrogen) atoms. The van der Waals surface area contributed by atoms with Gasteiger partial charge in [0.15, 0.2) is 0 Å². The Hall–Kier alpha value is -1.30. The topological polar surface area (TPSA) is 72.9 Å². The maximum Gasteiger partial charge on any atom is 0.323 e. The number of carboxylic acids is 1. The van der Waals surface area contributed by atoms with Crippen molar-refractivity contribution in [3.8, 4) is 0 Å². The van der Waals surface area contributed by atoms with E-state index < -0.39 is 5.97 Å². The maximum atomic E-state index is 11.8. The Bertz CT molecular complexity index is 296. The third-order valence-corrected chi connectivity index (χ3v) is 3.41. The molecule has 0 bridgehead atoms. The number of rotatable bonds is 5. The lowest BCUT2D eigenvalue weighted by Crippen LogP contribution is -2.49. The molecule has 0 aromatic carbocycles. The van der Waals surface area contributed by atoms with Crippen molar-refractivity contribution < 1.29 is 14.7 Å². The summed E-state index contributed by atoms with van der Waals surface area (Å²) in [5.74, 6) is -0.984. The second-order valence-corrected chi connectivity index (χ2v) is 4.72. The van der Waals surface area contributed by atoms with Crippen LogP contribution in [0.25, 0.3) is 0 Å². The highest BCUT2D eigenvalue weighted by Crippen LogP contribution is 2.13. The normalized spacial score (nSPS) is 20.4. The minimum Gasteiger partial charge on any atom is -0.480 e. The molecule has 0 aromatic heterocycles. The molecule has 1 atom stereocenters. The van der Waals surface area contributed by atoms with Crippen LogP contribution in [-0.4, -0.2) is 66.2 Å². The first kappa shape index (κ1) is 14.8. The lowest BCUT2D eigenvalue weighted by atomic mass is 10.0. The molecule has 104 valence electrons. The van der Waals surface area contributed by atoms with Gasteiger partial charge in [-0.05, 0) is 33.4 Å². The third kappa shape index (κ3) is 4.52. The lowest BCUT2D eigenvalue weighted by molar-refractivity contribution is -0.137. The minimum absolute atomic E-state index is 0.247. The van der Waals surface area contributed by atoms with Crippen LogP contribution in [0.15, 0.2) is 0 Å². The van der Waals surface area contributed by atoms with Crippen molar-refractivity contribution in [1.29, 1.82) is 0 Å². The Morgan fingerprint density at radius 2 is 2.17 bits per heavy atom. The van der Waals surface area contributed by atoms with E-state index in [1.807, 2.05) is 0 Å². The number of nitrogens with one attached hydrogen (secondary N) is 1. The molecule has 0 aromatic rings. The lowest BCUT2D eigenvalue weighted by Gasteiger charge is -2.33. The van der Waals surface area contributed by atoms with E-state index in [0.29, 0.717) is 19.1 Å². The van der Waals surface area contributed by atoms with Gasteiger partial charge in [-0.1, -0.05) is 6.42 Å². The predicted molar refractivity (Wildman–Crippen MR) is 68.6 cm³/mol. The van der Waals surface area contributed by atoms with Gasteiger partial charge in [0.1, 0.15) is 6.54 Å². The van der Waals surface area contributed by atoms with Gasteiger partial charge >= 0.3 is 12.0 Å². The molecule has 1 rings (SSSR count). The molecule has 0 aliphatic carbocycles. The molecule has 1 aliphatic rings. The van der Waals surface area contributed by atoms with Crippen molar-refractivity contribution in [2.75, 3.05) is 33.2 Å². The smallest absolute Gasteiger partial charge is 0.323 e. The molecule has 1 aliphatic heterocycles. The van der Waals surface area contributed by atoms with E-state index in [2.05, 4.69) is 17.3 Å². The van der Waals surface area contributed by atoms with Gasteiger partial charge < -0.3 is 20.2 Å². The van der Waals surface area contributed by atoms with Gasteiger partial charge in [-0.25, -0.2) is 4.79 Å². The monoisotopic (exact) mass is 257 g/mol. The van der Waals surface area contributed by atoms with Gasteiger partial charge in [-0.15, -0.1) is 0 Å². The number of amides is 2. The quantitative estimate of drug-likeness (QED) is 0.756. The van der Waals surface area contributed by atoms with Crippen LogP contribution in [0.4, 0.5) is 4.79 Å². The summed E-state index contributed by atoms with van der Waals surface area (Å²) in [5, 5.41) is 11.5. The SMILES string of the molecule is CCN(CC(=O)O)C(=O)NCC1CCCCN1C. The number of nitrogens with zero attached hydrogens (tertiary/aromatic N) is 2. The highest BCUT2D eigenvalue weighted by molar-refractivity contribution is 5.80. The number of urea groups is 1. The summed E-state index contributed by atoms with van der Waals surface area (Å²) in [7, 11) is 2.06. The van der Waals surface area contributed by atoms with Crippen LogP contribution in [0.2, 0.25) is 0 Å². The van der Waals surface area contributed by atoms with Crippen molar-refractivity contribution in [3.05, 3.63) is 0 Å². The number of likely N-dealkylation sites (tertiary alicyclic amines) is 1. The van der Waals surface area contributed by atoms with Crippen molar-refractivity contribution >= 4 is 12.0 Å². The molecule has 0 spiro atoms. The van der Waals surface area contributed by atoms with Gasteiger partial charge in [-0.3, -0.25) is 4.79 Å². The predicted octanol–water partition coefficient (Wildman–Crippen LogP) is 0.587. The molecule has 1 fully saturated rings. The average Bonchev–Trinajstić information content (AvgIpc) is 2.34. The van der Waals surface area contributed by atoms with Crippen LogP contribution in [0, 0.1) is 0 Å². The molecule has 1 unspecified atom stereocenters. The number of carbonyl (C=O) groups excluding carboxylic acids is 1. The first-order valence-electron chi connectivity index (χ1n) is 6.49. The molecule has 0 radical (unpaired) electrons. The molecule has 0 saturated carbocycles. The molecule has 1 saturated heterocycles. The van der Waals surface area contributed by atoms with E-state index in [1.54, 1.807) is 6.92 Å². The standard InChI is InChI=1S/C12H23N3O3/c1-3-15(9-11(16)17)12(18)13-8-10-6-4-5-7-14(10)2/h10H,3-9H2,1-2H3,(H,13,18)(H,16,17). The molecule has 1 heterocycles. The number of hydrogen-bond donors (Lipinski definition) is 2. The summed E-state index contributed by atoms with van der Waals surface area (Å²) < 4.78 is 0. The van der Waals surface area contributed by atoms with Gasteiger partial charge in [-0.2, -0.15) is 0 Å². The van der Waals surface area contributed by atoms with Crippen molar-refractivity contribution in [1.82, 2.24) is 15.1 Å². The van der Waals surface area contributed by atoms with Gasteiger partial charge in [0.2, 0.25) is 0 Å². The fourth-order valence-corrected chi connectivity index (χ4v) is 2.21. The maximum absolute atomic E-state index is 11.8. The Labute approximate surface area is 108 Å².